The summed E-state index contributed by atoms with van der Waals surface area (Å²) in [4.78, 5) is 13.5. The molecule has 2 nitrogen and oxygen atoms in total. The Morgan fingerprint density at radius 3 is 2.73 bits per heavy atom. The molecular weight excluding hydrogens is 185 g/mol. The highest BCUT2D eigenvalue weighted by Crippen LogP contribution is 2.29. The molecule has 1 fully saturated rings. The van der Waals surface area contributed by atoms with Crippen LogP contribution in [0.4, 0.5) is 0 Å². The molecule has 4 heteroatoms. The molecule has 3 atom stereocenters. The fourth-order valence-electron chi connectivity index (χ4n) is 1.28. The van der Waals surface area contributed by atoms with Crippen LogP contribution in [0.3, 0.4) is 0 Å². The fraction of sp³-hybridized carbons (Fsp3) is 0.857. The van der Waals surface area contributed by atoms with Crippen molar-refractivity contribution in [2.24, 2.45) is 4.99 Å². The van der Waals surface area contributed by atoms with Gasteiger partial charge in [-0.1, -0.05) is 0 Å². The molecule has 0 aliphatic heterocycles. The van der Waals surface area contributed by atoms with E-state index in [2.05, 4.69) is 4.99 Å². The van der Waals surface area contributed by atoms with E-state index in [9.17, 15) is 4.79 Å². The Bertz CT molecular complexity index is 179. The van der Waals surface area contributed by atoms with E-state index in [4.69, 9.17) is 23.2 Å². The van der Waals surface area contributed by atoms with Gasteiger partial charge in [0, 0.05) is 0 Å². The van der Waals surface area contributed by atoms with Crippen LogP contribution in [-0.4, -0.2) is 22.9 Å². The Kier molecular flexibility index (Phi) is 3.38. The average Bonchev–Trinajstić information content (AvgIpc) is 1.99. The van der Waals surface area contributed by atoms with Crippen molar-refractivity contribution in [2.75, 3.05) is 0 Å². The number of isocyanates is 1. The number of halogens is 2. The lowest BCUT2D eigenvalue weighted by Gasteiger charge is -2.26. The van der Waals surface area contributed by atoms with Crippen molar-refractivity contribution in [3.8, 4) is 0 Å². The molecule has 1 rings (SSSR count). The first kappa shape index (κ1) is 9.05. The smallest absolute Gasteiger partial charge is 0.211 e. The minimum Gasteiger partial charge on any atom is -0.211 e. The molecule has 0 aromatic carbocycles. The van der Waals surface area contributed by atoms with Crippen molar-refractivity contribution in [2.45, 2.75) is 36.1 Å². The SMILES string of the molecule is O=C=NC1CCCC(Cl)C1Cl. The van der Waals surface area contributed by atoms with Gasteiger partial charge in [0.2, 0.25) is 6.08 Å². The topological polar surface area (TPSA) is 29.4 Å². The first-order valence-electron chi connectivity index (χ1n) is 3.61. The Labute approximate surface area is 75.6 Å². The molecule has 0 aromatic rings. The third-order valence-electron chi connectivity index (χ3n) is 1.91. The summed E-state index contributed by atoms with van der Waals surface area (Å²) in [7, 11) is 0. The predicted octanol–water partition coefficient (Wildman–Crippen LogP) is 2.09. The van der Waals surface area contributed by atoms with Crippen molar-refractivity contribution in [1.29, 1.82) is 0 Å². The minimum atomic E-state index is -0.202. The highest BCUT2D eigenvalue weighted by Gasteiger charge is 2.30. The average molecular weight is 194 g/mol. The molecule has 0 saturated heterocycles. The summed E-state index contributed by atoms with van der Waals surface area (Å²) in [5.74, 6) is 0. The standard InChI is InChI=1S/C7H9Cl2NO/c8-5-2-1-3-6(7(5)9)10-4-11/h5-7H,1-3H2. The number of hydrogen-bond acceptors (Lipinski definition) is 2. The van der Waals surface area contributed by atoms with Gasteiger partial charge in [0.15, 0.2) is 0 Å². The first-order chi connectivity index (χ1) is 5.25. The second-order valence-electron chi connectivity index (χ2n) is 2.68. The van der Waals surface area contributed by atoms with E-state index in [1.807, 2.05) is 0 Å². The third kappa shape index (κ3) is 2.19. The molecule has 1 aliphatic rings. The lowest BCUT2D eigenvalue weighted by molar-refractivity contribution is 0.451. The summed E-state index contributed by atoms with van der Waals surface area (Å²) in [5.41, 5.74) is 0. The van der Waals surface area contributed by atoms with Crippen LogP contribution >= 0.6 is 23.2 Å². The van der Waals surface area contributed by atoms with Crippen LogP contribution in [0.25, 0.3) is 0 Å². The van der Waals surface area contributed by atoms with Gasteiger partial charge in [0.25, 0.3) is 0 Å². The van der Waals surface area contributed by atoms with Crippen LogP contribution in [0.5, 0.6) is 0 Å². The molecule has 62 valence electrons. The van der Waals surface area contributed by atoms with Gasteiger partial charge in [-0.2, -0.15) is 0 Å². The number of rotatable bonds is 1. The van der Waals surface area contributed by atoms with E-state index in [0.29, 0.717) is 0 Å². The second kappa shape index (κ2) is 4.10. The summed E-state index contributed by atoms with van der Waals surface area (Å²) < 4.78 is 0. The largest absolute Gasteiger partial charge is 0.235 e. The molecule has 0 bridgehead atoms. The van der Waals surface area contributed by atoms with Gasteiger partial charge < -0.3 is 0 Å². The molecule has 0 heterocycles. The predicted molar refractivity (Wildman–Crippen MR) is 45.0 cm³/mol. The van der Waals surface area contributed by atoms with Crippen LogP contribution in [0.15, 0.2) is 4.99 Å². The van der Waals surface area contributed by atoms with Gasteiger partial charge in [-0.3, -0.25) is 0 Å². The van der Waals surface area contributed by atoms with E-state index < -0.39 is 0 Å². The number of hydrogen-bond donors (Lipinski definition) is 0. The van der Waals surface area contributed by atoms with Crippen LogP contribution in [0, 0.1) is 0 Å². The number of alkyl halides is 2. The first-order valence-corrected chi connectivity index (χ1v) is 4.48. The molecule has 1 aliphatic carbocycles. The van der Waals surface area contributed by atoms with Crippen LogP contribution in [0.1, 0.15) is 19.3 Å². The molecule has 11 heavy (non-hydrogen) atoms. The lowest BCUT2D eigenvalue weighted by Crippen LogP contribution is -2.32. The van der Waals surface area contributed by atoms with E-state index in [1.54, 1.807) is 0 Å². The molecular formula is C7H9Cl2NO. The highest BCUT2D eigenvalue weighted by atomic mass is 35.5. The van der Waals surface area contributed by atoms with Crippen LogP contribution in [0.2, 0.25) is 0 Å². The van der Waals surface area contributed by atoms with Crippen LogP contribution < -0.4 is 0 Å². The summed E-state index contributed by atoms with van der Waals surface area (Å²) in [6.07, 6.45) is 4.28. The summed E-state index contributed by atoms with van der Waals surface area (Å²) in [5, 5.41) is -0.251. The summed E-state index contributed by atoms with van der Waals surface area (Å²) in [6.45, 7) is 0. The molecule has 0 aromatic heterocycles. The van der Waals surface area contributed by atoms with E-state index in [1.165, 1.54) is 6.08 Å². The van der Waals surface area contributed by atoms with Crippen molar-refractivity contribution < 1.29 is 4.79 Å². The second-order valence-corrected chi connectivity index (χ2v) is 3.74. The number of nitrogens with zero attached hydrogens (tertiary/aromatic N) is 1. The van der Waals surface area contributed by atoms with Gasteiger partial charge in [-0.15, -0.1) is 23.2 Å². The number of carbonyl (C=O) groups excluding carboxylic acids is 1. The molecule has 1 saturated carbocycles. The third-order valence-corrected chi connectivity index (χ3v) is 3.13. The normalized spacial score (nSPS) is 37.8. The van der Waals surface area contributed by atoms with Crippen molar-refractivity contribution >= 4 is 29.3 Å². The van der Waals surface area contributed by atoms with Crippen molar-refractivity contribution in [3.05, 3.63) is 0 Å². The van der Waals surface area contributed by atoms with Crippen molar-refractivity contribution in [3.63, 3.8) is 0 Å². The molecule has 0 N–H and O–H groups in total. The zero-order valence-corrected chi connectivity index (χ0v) is 7.48. The Morgan fingerprint density at radius 1 is 1.36 bits per heavy atom. The van der Waals surface area contributed by atoms with E-state index >= 15 is 0 Å². The quantitative estimate of drug-likeness (QED) is 0.357. The highest BCUT2D eigenvalue weighted by molar-refractivity contribution is 6.30. The van der Waals surface area contributed by atoms with Crippen molar-refractivity contribution in [1.82, 2.24) is 0 Å². The summed E-state index contributed by atoms with van der Waals surface area (Å²) >= 11 is 11.8. The summed E-state index contributed by atoms with van der Waals surface area (Å²) in [6, 6.07) is -0.120. The van der Waals surface area contributed by atoms with Gasteiger partial charge >= 0.3 is 0 Å². The number of aliphatic imine (C=N–C) groups is 1. The molecule has 0 spiro atoms. The van der Waals surface area contributed by atoms with Gasteiger partial charge in [0.1, 0.15) is 0 Å². The maximum atomic E-state index is 9.93. The Hall–Kier alpha value is -0.0400. The maximum Gasteiger partial charge on any atom is 0.235 e. The van der Waals surface area contributed by atoms with Gasteiger partial charge in [0.05, 0.1) is 16.8 Å². The van der Waals surface area contributed by atoms with Gasteiger partial charge in [-0.25, -0.2) is 9.79 Å². The molecule has 0 amide bonds. The van der Waals surface area contributed by atoms with E-state index in [0.717, 1.165) is 19.3 Å². The van der Waals surface area contributed by atoms with Crippen LogP contribution in [-0.2, 0) is 4.79 Å². The Morgan fingerprint density at radius 2 is 2.09 bits per heavy atom. The fourth-order valence-corrected chi connectivity index (χ4v) is 1.92. The molecule has 3 unspecified atom stereocenters. The van der Waals surface area contributed by atoms with E-state index in [-0.39, 0.29) is 16.8 Å². The van der Waals surface area contributed by atoms with Gasteiger partial charge in [-0.05, 0) is 19.3 Å². The monoisotopic (exact) mass is 193 g/mol. The zero-order chi connectivity index (χ0) is 8.27. The lowest BCUT2D eigenvalue weighted by atomic mass is 9.95. The Balaban J connectivity index is 2.57. The molecule has 0 radical (unpaired) electrons. The minimum absolute atomic E-state index is 0.0486. The maximum absolute atomic E-state index is 9.93. The zero-order valence-electron chi connectivity index (χ0n) is 5.96.